The van der Waals surface area contributed by atoms with Crippen LogP contribution < -0.4 is 5.32 Å². The van der Waals surface area contributed by atoms with Gasteiger partial charge in [0.1, 0.15) is 0 Å². The van der Waals surface area contributed by atoms with Gasteiger partial charge in [0.15, 0.2) is 0 Å². The second-order valence-corrected chi connectivity index (χ2v) is 4.59. The van der Waals surface area contributed by atoms with Crippen LogP contribution in [0.25, 0.3) is 0 Å². The van der Waals surface area contributed by atoms with Crippen molar-refractivity contribution in [2.24, 2.45) is 0 Å². The summed E-state index contributed by atoms with van der Waals surface area (Å²) < 4.78 is 5.08. The van der Waals surface area contributed by atoms with Gasteiger partial charge in [-0.2, -0.15) is 5.10 Å². The summed E-state index contributed by atoms with van der Waals surface area (Å²) in [7, 11) is 0. The van der Waals surface area contributed by atoms with Crippen LogP contribution in [0, 0.1) is 6.92 Å². The fourth-order valence-electron chi connectivity index (χ4n) is 1.75. The number of aromatic amines is 1. The lowest BCUT2D eigenvalue weighted by Gasteiger charge is -2.07. The molecular formula is C15H19N3O2. The molecule has 106 valence electrons. The fourth-order valence-corrected chi connectivity index (χ4v) is 1.75. The van der Waals surface area contributed by atoms with Crippen LogP contribution in [0.1, 0.15) is 35.0 Å². The van der Waals surface area contributed by atoms with E-state index in [4.69, 9.17) is 4.74 Å². The van der Waals surface area contributed by atoms with Crippen molar-refractivity contribution in [3.8, 4) is 0 Å². The van der Waals surface area contributed by atoms with Crippen LogP contribution in [-0.4, -0.2) is 22.8 Å². The molecule has 0 aliphatic carbocycles. The number of carbonyl (C=O) groups is 1. The van der Waals surface area contributed by atoms with Gasteiger partial charge in [0, 0.05) is 23.5 Å². The quantitative estimate of drug-likeness (QED) is 0.794. The minimum absolute atomic E-state index is 0.274. The summed E-state index contributed by atoms with van der Waals surface area (Å²) in [4.78, 5) is 11.6. The molecule has 0 bridgehead atoms. The molecule has 2 N–H and O–H groups in total. The van der Waals surface area contributed by atoms with Crippen molar-refractivity contribution in [1.82, 2.24) is 10.2 Å². The van der Waals surface area contributed by atoms with Crippen molar-refractivity contribution >= 4 is 11.7 Å². The van der Waals surface area contributed by atoms with E-state index in [1.807, 2.05) is 26.0 Å². The molecule has 0 unspecified atom stereocenters. The first-order chi connectivity index (χ1) is 9.70. The summed E-state index contributed by atoms with van der Waals surface area (Å²) in [6.07, 6.45) is 2.63. The Balaban J connectivity index is 1.91. The van der Waals surface area contributed by atoms with E-state index >= 15 is 0 Å². The minimum Gasteiger partial charge on any atom is -0.462 e. The molecule has 0 saturated carbocycles. The Morgan fingerprint density at radius 2 is 2.10 bits per heavy atom. The number of rotatable bonds is 6. The fraction of sp³-hybridized carbons (Fsp3) is 0.333. The SMILES string of the molecule is CCCOC(=O)c1ccc(NCc2cn[nH]c2C)cc1. The van der Waals surface area contributed by atoms with Gasteiger partial charge in [-0.15, -0.1) is 0 Å². The monoisotopic (exact) mass is 273 g/mol. The number of nitrogens with one attached hydrogen (secondary N) is 2. The highest BCUT2D eigenvalue weighted by molar-refractivity contribution is 5.89. The average molecular weight is 273 g/mol. The Hall–Kier alpha value is -2.30. The van der Waals surface area contributed by atoms with E-state index in [1.165, 1.54) is 0 Å². The number of aromatic nitrogens is 2. The van der Waals surface area contributed by atoms with Gasteiger partial charge in [-0.3, -0.25) is 5.10 Å². The van der Waals surface area contributed by atoms with Crippen LogP contribution >= 0.6 is 0 Å². The molecule has 0 atom stereocenters. The summed E-state index contributed by atoms with van der Waals surface area (Å²) in [5, 5.41) is 10.2. The molecule has 5 heteroatoms. The number of H-pyrrole nitrogens is 1. The van der Waals surface area contributed by atoms with Crippen molar-refractivity contribution in [1.29, 1.82) is 0 Å². The van der Waals surface area contributed by atoms with Crippen LogP contribution in [0.3, 0.4) is 0 Å². The zero-order valence-electron chi connectivity index (χ0n) is 11.8. The molecule has 2 aromatic rings. The number of anilines is 1. The van der Waals surface area contributed by atoms with Crippen LogP contribution in [0.4, 0.5) is 5.69 Å². The van der Waals surface area contributed by atoms with Crippen LogP contribution in [-0.2, 0) is 11.3 Å². The number of esters is 1. The molecule has 0 saturated heterocycles. The Morgan fingerprint density at radius 3 is 2.70 bits per heavy atom. The second-order valence-electron chi connectivity index (χ2n) is 4.59. The minimum atomic E-state index is -0.274. The van der Waals surface area contributed by atoms with Crippen LogP contribution in [0.5, 0.6) is 0 Å². The maximum atomic E-state index is 11.6. The van der Waals surface area contributed by atoms with Gasteiger partial charge in [0.25, 0.3) is 0 Å². The molecule has 0 aliphatic rings. The van der Waals surface area contributed by atoms with E-state index in [2.05, 4.69) is 15.5 Å². The molecule has 2 rings (SSSR count). The molecule has 1 aromatic carbocycles. The van der Waals surface area contributed by atoms with E-state index < -0.39 is 0 Å². The lowest BCUT2D eigenvalue weighted by Crippen LogP contribution is -2.06. The van der Waals surface area contributed by atoms with Crippen molar-refractivity contribution in [2.75, 3.05) is 11.9 Å². The highest BCUT2D eigenvalue weighted by atomic mass is 16.5. The zero-order valence-corrected chi connectivity index (χ0v) is 11.8. The standard InChI is InChI=1S/C15H19N3O2/c1-3-8-20-15(19)12-4-6-14(7-5-12)16-9-13-10-17-18-11(13)2/h4-7,10,16H,3,8-9H2,1-2H3,(H,17,18). The van der Waals surface area contributed by atoms with Crippen molar-refractivity contribution in [2.45, 2.75) is 26.8 Å². The van der Waals surface area contributed by atoms with Crippen LogP contribution in [0.15, 0.2) is 30.5 Å². The highest BCUT2D eigenvalue weighted by Gasteiger charge is 2.06. The van der Waals surface area contributed by atoms with E-state index in [9.17, 15) is 4.79 Å². The molecular weight excluding hydrogens is 254 g/mol. The van der Waals surface area contributed by atoms with E-state index in [-0.39, 0.29) is 5.97 Å². The molecule has 0 fully saturated rings. The first kappa shape index (κ1) is 14.1. The number of nitrogens with zero attached hydrogens (tertiary/aromatic N) is 1. The first-order valence-electron chi connectivity index (χ1n) is 6.70. The predicted molar refractivity (Wildman–Crippen MR) is 77.7 cm³/mol. The molecule has 0 amide bonds. The molecule has 1 heterocycles. The van der Waals surface area contributed by atoms with Crippen molar-refractivity contribution in [3.63, 3.8) is 0 Å². The van der Waals surface area contributed by atoms with Gasteiger partial charge in [-0.25, -0.2) is 4.79 Å². The van der Waals surface area contributed by atoms with E-state index in [0.717, 1.165) is 23.4 Å². The molecule has 0 radical (unpaired) electrons. The first-order valence-corrected chi connectivity index (χ1v) is 6.70. The normalized spacial score (nSPS) is 10.3. The van der Waals surface area contributed by atoms with Gasteiger partial charge in [0.2, 0.25) is 0 Å². The molecule has 1 aromatic heterocycles. The number of carbonyl (C=O) groups excluding carboxylic acids is 1. The maximum Gasteiger partial charge on any atom is 0.338 e. The van der Waals surface area contributed by atoms with Gasteiger partial charge in [-0.1, -0.05) is 6.92 Å². The Morgan fingerprint density at radius 1 is 1.35 bits per heavy atom. The highest BCUT2D eigenvalue weighted by Crippen LogP contribution is 2.13. The van der Waals surface area contributed by atoms with Gasteiger partial charge in [-0.05, 0) is 37.6 Å². The van der Waals surface area contributed by atoms with Crippen LogP contribution in [0.2, 0.25) is 0 Å². The topological polar surface area (TPSA) is 67.0 Å². The average Bonchev–Trinajstić information content (AvgIpc) is 2.88. The number of benzene rings is 1. The van der Waals surface area contributed by atoms with Gasteiger partial charge >= 0.3 is 5.97 Å². The zero-order chi connectivity index (χ0) is 14.4. The third-order valence-electron chi connectivity index (χ3n) is 2.98. The Kier molecular flexibility index (Phi) is 4.76. The summed E-state index contributed by atoms with van der Waals surface area (Å²) in [6, 6.07) is 7.28. The maximum absolute atomic E-state index is 11.6. The van der Waals surface area contributed by atoms with E-state index in [0.29, 0.717) is 18.7 Å². The molecule has 5 nitrogen and oxygen atoms in total. The number of hydrogen-bond donors (Lipinski definition) is 2. The second kappa shape index (κ2) is 6.75. The molecule has 20 heavy (non-hydrogen) atoms. The molecule has 0 spiro atoms. The van der Waals surface area contributed by atoms with Gasteiger partial charge in [0.05, 0.1) is 18.4 Å². The smallest absolute Gasteiger partial charge is 0.338 e. The number of ether oxygens (including phenoxy) is 1. The Bertz CT molecular complexity index is 561. The lowest BCUT2D eigenvalue weighted by molar-refractivity contribution is 0.0505. The summed E-state index contributed by atoms with van der Waals surface area (Å²) in [5.74, 6) is -0.274. The summed E-state index contributed by atoms with van der Waals surface area (Å²) in [6.45, 7) is 5.11. The van der Waals surface area contributed by atoms with E-state index in [1.54, 1.807) is 18.3 Å². The van der Waals surface area contributed by atoms with Crippen molar-refractivity contribution in [3.05, 3.63) is 47.3 Å². The molecule has 0 aliphatic heterocycles. The third kappa shape index (κ3) is 3.60. The summed E-state index contributed by atoms with van der Waals surface area (Å²) in [5.41, 5.74) is 3.70. The summed E-state index contributed by atoms with van der Waals surface area (Å²) >= 11 is 0. The Labute approximate surface area is 118 Å². The number of hydrogen-bond acceptors (Lipinski definition) is 4. The number of aryl methyl sites for hydroxylation is 1. The largest absolute Gasteiger partial charge is 0.462 e. The predicted octanol–water partition coefficient (Wildman–Crippen LogP) is 2.90. The lowest BCUT2D eigenvalue weighted by atomic mass is 10.2. The third-order valence-corrected chi connectivity index (χ3v) is 2.98. The van der Waals surface area contributed by atoms with Crippen molar-refractivity contribution < 1.29 is 9.53 Å². The van der Waals surface area contributed by atoms with Gasteiger partial charge < -0.3 is 10.1 Å².